The van der Waals surface area contributed by atoms with E-state index in [0.29, 0.717) is 12.3 Å². The molecule has 2 saturated heterocycles. The van der Waals surface area contributed by atoms with Crippen LogP contribution >= 0.6 is 0 Å². The standard InChI is InChI=1S/C13H21N3O2/c14-13(5-1-6-13)12(18)16-7-4-10-9(8-16)2-3-11(17)15-10/h9-10H,1-8,14H2,(H,15,17). The highest BCUT2D eigenvalue weighted by Gasteiger charge is 2.45. The van der Waals surface area contributed by atoms with E-state index in [2.05, 4.69) is 5.32 Å². The third-order valence-electron chi connectivity index (χ3n) is 4.78. The summed E-state index contributed by atoms with van der Waals surface area (Å²) >= 11 is 0. The molecule has 1 aliphatic carbocycles. The van der Waals surface area contributed by atoms with Crippen molar-refractivity contribution in [2.24, 2.45) is 11.7 Å². The number of carbonyl (C=O) groups excluding carboxylic acids is 2. The maximum atomic E-state index is 12.4. The van der Waals surface area contributed by atoms with Gasteiger partial charge in [0.2, 0.25) is 11.8 Å². The number of fused-ring (bicyclic) bond motifs is 1. The van der Waals surface area contributed by atoms with Gasteiger partial charge in [-0.2, -0.15) is 0 Å². The maximum absolute atomic E-state index is 12.4. The molecule has 2 aliphatic heterocycles. The third kappa shape index (κ3) is 1.90. The molecule has 0 radical (unpaired) electrons. The van der Waals surface area contributed by atoms with Crippen LogP contribution in [0.4, 0.5) is 0 Å². The van der Waals surface area contributed by atoms with Gasteiger partial charge in [-0.3, -0.25) is 9.59 Å². The van der Waals surface area contributed by atoms with Crippen LogP contribution in [0.15, 0.2) is 0 Å². The van der Waals surface area contributed by atoms with Crippen LogP contribution in [0.1, 0.15) is 38.5 Å². The predicted octanol–water partition coefficient (Wildman–Crippen LogP) is -0.00510. The fourth-order valence-corrected chi connectivity index (χ4v) is 3.38. The minimum absolute atomic E-state index is 0.129. The number of amides is 2. The van der Waals surface area contributed by atoms with Crippen LogP contribution in [0, 0.1) is 5.92 Å². The molecule has 100 valence electrons. The Kier molecular flexibility index (Phi) is 2.81. The lowest BCUT2D eigenvalue weighted by molar-refractivity contribution is -0.143. The number of hydrogen-bond donors (Lipinski definition) is 2. The average molecular weight is 251 g/mol. The Morgan fingerprint density at radius 1 is 1.39 bits per heavy atom. The van der Waals surface area contributed by atoms with Gasteiger partial charge in [0, 0.05) is 25.6 Å². The minimum atomic E-state index is -0.579. The molecule has 3 N–H and O–H groups in total. The third-order valence-corrected chi connectivity index (χ3v) is 4.78. The highest BCUT2D eigenvalue weighted by molar-refractivity contribution is 5.87. The molecular formula is C13H21N3O2. The molecule has 3 aliphatic rings. The van der Waals surface area contributed by atoms with Crippen molar-refractivity contribution in [2.45, 2.75) is 50.1 Å². The molecule has 0 spiro atoms. The fraction of sp³-hybridized carbons (Fsp3) is 0.846. The zero-order valence-electron chi connectivity index (χ0n) is 10.7. The molecule has 5 nitrogen and oxygen atoms in total. The van der Waals surface area contributed by atoms with Crippen LogP contribution in [-0.4, -0.2) is 41.4 Å². The Labute approximate surface area is 107 Å². The fourth-order valence-electron chi connectivity index (χ4n) is 3.38. The smallest absolute Gasteiger partial charge is 0.242 e. The molecule has 3 fully saturated rings. The number of nitrogens with two attached hydrogens (primary N) is 1. The zero-order valence-corrected chi connectivity index (χ0v) is 10.7. The first-order valence-electron chi connectivity index (χ1n) is 6.96. The molecule has 18 heavy (non-hydrogen) atoms. The van der Waals surface area contributed by atoms with Crippen molar-refractivity contribution in [3.05, 3.63) is 0 Å². The SMILES string of the molecule is NC1(C(=O)N2CCC3NC(=O)CCC3C2)CCC1. The van der Waals surface area contributed by atoms with E-state index in [4.69, 9.17) is 5.73 Å². The molecule has 5 heteroatoms. The van der Waals surface area contributed by atoms with Gasteiger partial charge >= 0.3 is 0 Å². The van der Waals surface area contributed by atoms with Crippen molar-refractivity contribution in [1.29, 1.82) is 0 Å². The van der Waals surface area contributed by atoms with Crippen molar-refractivity contribution in [1.82, 2.24) is 10.2 Å². The summed E-state index contributed by atoms with van der Waals surface area (Å²) in [5.74, 6) is 0.707. The highest BCUT2D eigenvalue weighted by Crippen LogP contribution is 2.33. The van der Waals surface area contributed by atoms with E-state index < -0.39 is 5.54 Å². The van der Waals surface area contributed by atoms with Crippen LogP contribution in [-0.2, 0) is 9.59 Å². The molecule has 2 unspecified atom stereocenters. The maximum Gasteiger partial charge on any atom is 0.242 e. The Hall–Kier alpha value is -1.10. The molecule has 2 amide bonds. The van der Waals surface area contributed by atoms with E-state index in [9.17, 15) is 9.59 Å². The number of rotatable bonds is 1. The van der Waals surface area contributed by atoms with Crippen molar-refractivity contribution >= 4 is 11.8 Å². The number of hydrogen-bond acceptors (Lipinski definition) is 3. The van der Waals surface area contributed by atoms with Gasteiger partial charge in [0.25, 0.3) is 0 Å². The quantitative estimate of drug-likeness (QED) is 0.688. The van der Waals surface area contributed by atoms with Gasteiger partial charge in [0.1, 0.15) is 0 Å². The number of nitrogens with zero attached hydrogens (tertiary/aromatic N) is 1. The second-order valence-corrected chi connectivity index (χ2v) is 6.02. The molecule has 3 rings (SSSR count). The molecular weight excluding hydrogens is 230 g/mol. The lowest BCUT2D eigenvalue weighted by atomic mass is 9.75. The van der Waals surface area contributed by atoms with Crippen molar-refractivity contribution in [3.63, 3.8) is 0 Å². The van der Waals surface area contributed by atoms with E-state index in [1.807, 2.05) is 4.90 Å². The van der Waals surface area contributed by atoms with Crippen LogP contribution in [0.3, 0.4) is 0 Å². The number of piperidine rings is 2. The van der Waals surface area contributed by atoms with Crippen LogP contribution in [0.5, 0.6) is 0 Å². The summed E-state index contributed by atoms with van der Waals surface area (Å²) in [4.78, 5) is 25.6. The lowest BCUT2D eigenvalue weighted by Gasteiger charge is -2.46. The zero-order chi connectivity index (χ0) is 12.8. The van der Waals surface area contributed by atoms with E-state index in [-0.39, 0.29) is 17.9 Å². The largest absolute Gasteiger partial charge is 0.353 e. The van der Waals surface area contributed by atoms with Crippen LogP contribution in [0.25, 0.3) is 0 Å². The van der Waals surface area contributed by atoms with Gasteiger partial charge in [-0.15, -0.1) is 0 Å². The summed E-state index contributed by atoms with van der Waals surface area (Å²) in [7, 11) is 0. The highest BCUT2D eigenvalue weighted by atomic mass is 16.2. The summed E-state index contributed by atoms with van der Waals surface area (Å²) in [6.45, 7) is 1.50. The number of carbonyl (C=O) groups is 2. The summed E-state index contributed by atoms with van der Waals surface area (Å²) in [6, 6.07) is 0.269. The van der Waals surface area contributed by atoms with E-state index >= 15 is 0 Å². The van der Waals surface area contributed by atoms with Gasteiger partial charge < -0.3 is 16.0 Å². The minimum Gasteiger partial charge on any atom is -0.353 e. The summed E-state index contributed by atoms with van der Waals surface area (Å²) in [5, 5.41) is 3.04. The van der Waals surface area contributed by atoms with E-state index in [0.717, 1.165) is 45.2 Å². The Bertz CT molecular complexity index is 378. The second-order valence-electron chi connectivity index (χ2n) is 6.02. The Morgan fingerprint density at radius 2 is 2.17 bits per heavy atom. The first kappa shape index (κ1) is 12.0. The van der Waals surface area contributed by atoms with Crippen LogP contribution in [0.2, 0.25) is 0 Å². The van der Waals surface area contributed by atoms with Crippen molar-refractivity contribution in [3.8, 4) is 0 Å². The van der Waals surface area contributed by atoms with E-state index in [1.165, 1.54) is 0 Å². The Balaban J connectivity index is 1.63. The predicted molar refractivity (Wildman–Crippen MR) is 66.6 cm³/mol. The monoisotopic (exact) mass is 251 g/mol. The van der Waals surface area contributed by atoms with Crippen LogP contribution < -0.4 is 11.1 Å². The molecule has 0 aromatic carbocycles. The van der Waals surface area contributed by atoms with E-state index in [1.54, 1.807) is 0 Å². The first-order chi connectivity index (χ1) is 8.58. The molecule has 2 atom stereocenters. The van der Waals surface area contributed by atoms with Gasteiger partial charge in [0.15, 0.2) is 0 Å². The number of likely N-dealkylation sites (tertiary alicyclic amines) is 1. The molecule has 1 saturated carbocycles. The van der Waals surface area contributed by atoms with Gasteiger partial charge in [-0.05, 0) is 38.0 Å². The summed E-state index contributed by atoms with van der Waals surface area (Å²) in [6.07, 6.45) is 5.09. The molecule has 0 bridgehead atoms. The normalized spacial score (nSPS) is 34.3. The molecule has 2 heterocycles. The summed E-state index contributed by atoms with van der Waals surface area (Å²) < 4.78 is 0. The lowest BCUT2D eigenvalue weighted by Crippen LogP contribution is -2.63. The Morgan fingerprint density at radius 3 is 2.83 bits per heavy atom. The van der Waals surface area contributed by atoms with Crippen molar-refractivity contribution in [2.75, 3.05) is 13.1 Å². The van der Waals surface area contributed by atoms with Gasteiger partial charge in [0.05, 0.1) is 5.54 Å². The van der Waals surface area contributed by atoms with Crippen molar-refractivity contribution < 1.29 is 9.59 Å². The average Bonchev–Trinajstić information content (AvgIpc) is 2.34. The summed E-state index contributed by atoms with van der Waals surface area (Å²) in [5.41, 5.74) is 5.53. The van der Waals surface area contributed by atoms with Gasteiger partial charge in [-0.1, -0.05) is 0 Å². The van der Waals surface area contributed by atoms with Gasteiger partial charge in [-0.25, -0.2) is 0 Å². The first-order valence-corrected chi connectivity index (χ1v) is 6.96. The number of nitrogens with one attached hydrogen (secondary N) is 1. The molecule has 0 aromatic rings. The topological polar surface area (TPSA) is 75.4 Å². The molecule has 0 aromatic heterocycles. The second kappa shape index (κ2) is 4.23.